The van der Waals surface area contributed by atoms with E-state index in [-0.39, 0.29) is 11.7 Å². The van der Waals surface area contributed by atoms with Crippen LogP contribution in [0.4, 0.5) is 0 Å². The number of rotatable bonds is 8. The van der Waals surface area contributed by atoms with E-state index >= 15 is 0 Å². The van der Waals surface area contributed by atoms with E-state index in [1.165, 1.54) is 0 Å². The van der Waals surface area contributed by atoms with Crippen LogP contribution in [-0.2, 0) is 0 Å². The molecule has 0 amide bonds. The van der Waals surface area contributed by atoms with Crippen molar-refractivity contribution < 1.29 is 15.3 Å². The quantitative estimate of drug-likeness (QED) is 0.357. The van der Waals surface area contributed by atoms with Crippen LogP contribution in [0.25, 0.3) is 22.4 Å². The molecule has 0 saturated heterocycles. The van der Waals surface area contributed by atoms with Gasteiger partial charge in [0.05, 0.1) is 12.2 Å². The van der Waals surface area contributed by atoms with E-state index in [0.29, 0.717) is 12.8 Å². The van der Waals surface area contributed by atoms with Crippen LogP contribution >= 0.6 is 0 Å². The molecule has 0 spiro atoms. The number of aromatic hydroxyl groups is 1. The molecule has 150 valence electrons. The molecule has 3 aromatic rings. The maximum absolute atomic E-state index is 10.6. The van der Waals surface area contributed by atoms with E-state index in [9.17, 15) is 15.3 Å². The highest BCUT2D eigenvalue weighted by molar-refractivity contribution is 5.98. The van der Waals surface area contributed by atoms with Gasteiger partial charge in [-0.2, -0.15) is 0 Å². The van der Waals surface area contributed by atoms with Crippen LogP contribution in [0, 0.1) is 5.92 Å². The minimum atomic E-state index is -0.670. The lowest BCUT2D eigenvalue weighted by Gasteiger charge is -2.22. The van der Waals surface area contributed by atoms with Gasteiger partial charge < -0.3 is 15.3 Å². The molecule has 29 heavy (non-hydrogen) atoms. The van der Waals surface area contributed by atoms with Crippen molar-refractivity contribution in [1.29, 1.82) is 0 Å². The average molecular weight is 389 g/mol. The standard InChI is InChI=1S/C26H28O3/c1-3-22(18(2)27)25(28)15-13-20(19-9-5-4-6-10-19)17-21-14-16-26(29)24-12-8-7-11-23(21)24/h3-12,14,16-18,22,25,27-29H,1,13,15H2,2H3/b20-17-/t18-,22+,25-/m1/s1. The number of benzene rings is 3. The Kier molecular flexibility index (Phi) is 6.86. The van der Waals surface area contributed by atoms with E-state index in [2.05, 4.69) is 24.8 Å². The molecule has 3 N–H and O–H groups in total. The van der Waals surface area contributed by atoms with Crippen molar-refractivity contribution in [3.63, 3.8) is 0 Å². The normalized spacial score (nSPS) is 15.1. The zero-order valence-corrected chi connectivity index (χ0v) is 16.7. The Morgan fingerprint density at radius 2 is 1.59 bits per heavy atom. The van der Waals surface area contributed by atoms with E-state index in [1.807, 2.05) is 48.5 Å². The lowest BCUT2D eigenvalue weighted by Crippen LogP contribution is -2.28. The van der Waals surface area contributed by atoms with Crippen molar-refractivity contribution in [3.05, 3.63) is 90.5 Å². The van der Waals surface area contributed by atoms with Gasteiger partial charge in [-0.25, -0.2) is 0 Å². The number of aliphatic hydroxyl groups is 2. The minimum absolute atomic E-state index is 0.264. The number of phenolic OH excluding ortho intramolecular Hbond substituents is 1. The first-order chi connectivity index (χ1) is 14.0. The third kappa shape index (κ3) is 4.94. The van der Waals surface area contributed by atoms with Gasteiger partial charge in [-0.15, -0.1) is 6.58 Å². The van der Waals surface area contributed by atoms with E-state index in [1.54, 1.807) is 19.1 Å². The summed E-state index contributed by atoms with van der Waals surface area (Å²) in [6.07, 6.45) is 3.59. The number of aliphatic hydroxyl groups excluding tert-OH is 2. The van der Waals surface area contributed by atoms with Crippen molar-refractivity contribution in [1.82, 2.24) is 0 Å². The monoisotopic (exact) mass is 388 g/mol. The molecule has 0 aromatic heterocycles. The predicted octanol–water partition coefficient (Wildman–Crippen LogP) is 5.41. The highest BCUT2D eigenvalue weighted by Crippen LogP contribution is 2.32. The molecular weight excluding hydrogens is 360 g/mol. The summed E-state index contributed by atoms with van der Waals surface area (Å²) >= 11 is 0. The fourth-order valence-corrected chi connectivity index (χ4v) is 3.74. The Bertz CT molecular complexity index is 989. The molecule has 0 radical (unpaired) electrons. The van der Waals surface area contributed by atoms with Gasteiger partial charge in [0.2, 0.25) is 0 Å². The van der Waals surface area contributed by atoms with Crippen LogP contribution in [0.2, 0.25) is 0 Å². The van der Waals surface area contributed by atoms with Crippen molar-refractivity contribution >= 4 is 22.4 Å². The summed E-state index contributed by atoms with van der Waals surface area (Å²) in [5.74, 6) is -0.0956. The maximum Gasteiger partial charge on any atom is 0.123 e. The number of hydrogen-bond donors (Lipinski definition) is 3. The highest BCUT2D eigenvalue weighted by atomic mass is 16.3. The van der Waals surface area contributed by atoms with Gasteiger partial charge in [0.1, 0.15) is 5.75 Å². The first-order valence-electron chi connectivity index (χ1n) is 9.96. The number of fused-ring (bicyclic) bond motifs is 1. The van der Waals surface area contributed by atoms with Gasteiger partial charge in [0.15, 0.2) is 0 Å². The summed E-state index contributed by atoms with van der Waals surface area (Å²) in [5.41, 5.74) is 3.19. The molecule has 3 heteroatoms. The maximum atomic E-state index is 10.6. The Balaban J connectivity index is 1.97. The van der Waals surface area contributed by atoms with Gasteiger partial charge in [-0.1, -0.05) is 72.8 Å². The van der Waals surface area contributed by atoms with Crippen LogP contribution in [-0.4, -0.2) is 27.5 Å². The van der Waals surface area contributed by atoms with Crippen molar-refractivity contribution in [3.8, 4) is 5.75 Å². The fourth-order valence-electron chi connectivity index (χ4n) is 3.74. The van der Waals surface area contributed by atoms with E-state index < -0.39 is 12.2 Å². The molecule has 3 aromatic carbocycles. The van der Waals surface area contributed by atoms with Crippen molar-refractivity contribution in [2.45, 2.75) is 32.0 Å². The average Bonchev–Trinajstić information content (AvgIpc) is 2.73. The molecule has 0 aliphatic rings. The lowest BCUT2D eigenvalue weighted by atomic mass is 9.90. The number of hydrogen-bond acceptors (Lipinski definition) is 3. The third-order valence-corrected chi connectivity index (χ3v) is 5.39. The summed E-state index contributed by atoms with van der Waals surface area (Å²) in [7, 11) is 0. The summed E-state index contributed by atoms with van der Waals surface area (Å²) in [5, 5.41) is 32.4. The van der Waals surface area contributed by atoms with Gasteiger partial charge in [-0.3, -0.25) is 0 Å². The fraction of sp³-hybridized carbons (Fsp3) is 0.231. The van der Waals surface area contributed by atoms with Gasteiger partial charge in [0.25, 0.3) is 0 Å². The molecule has 0 unspecified atom stereocenters. The molecule has 0 bridgehead atoms. The number of phenols is 1. The molecule has 0 aliphatic heterocycles. The Labute approximate surface area is 172 Å². The van der Waals surface area contributed by atoms with Crippen LogP contribution in [0.5, 0.6) is 5.75 Å². The summed E-state index contributed by atoms with van der Waals surface area (Å²) in [6.45, 7) is 5.41. The molecule has 0 aliphatic carbocycles. The number of allylic oxidation sites excluding steroid dienone is 1. The molecule has 0 fully saturated rings. The first-order valence-corrected chi connectivity index (χ1v) is 9.96. The third-order valence-electron chi connectivity index (χ3n) is 5.39. The smallest absolute Gasteiger partial charge is 0.123 e. The minimum Gasteiger partial charge on any atom is -0.507 e. The van der Waals surface area contributed by atoms with E-state index in [0.717, 1.165) is 27.5 Å². The highest BCUT2D eigenvalue weighted by Gasteiger charge is 2.21. The zero-order valence-electron chi connectivity index (χ0n) is 16.7. The second-order valence-electron chi connectivity index (χ2n) is 7.41. The Morgan fingerprint density at radius 3 is 2.24 bits per heavy atom. The Hall–Kier alpha value is -2.88. The molecule has 0 heterocycles. The van der Waals surface area contributed by atoms with E-state index in [4.69, 9.17) is 0 Å². The van der Waals surface area contributed by atoms with Crippen LogP contribution < -0.4 is 0 Å². The zero-order chi connectivity index (χ0) is 20.8. The van der Waals surface area contributed by atoms with Gasteiger partial charge in [0, 0.05) is 11.3 Å². The summed E-state index contributed by atoms with van der Waals surface area (Å²) < 4.78 is 0. The van der Waals surface area contributed by atoms with Gasteiger partial charge >= 0.3 is 0 Å². The molecular formula is C26H28O3. The molecule has 0 saturated carbocycles. The van der Waals surface area contributed by atoms with Crippen LogP contribution in [0.15, 0.2) is 79.4 Å². The molecule has 3 atom stereocenters. The first kappa shape index (κ1) is 20.8. The van der Waals surface area contributed by atoms with Crippen molar-refractivity contribution in [2.75, 3.05) is 0 Å². The van der Waals surface area contributed by atoms with Crippen LogP contribution in [0.3, 0.4) is 0 Å². The lowest BCUT2D eigenvalue weighted by molar-refractivity contribution is 0.0429. The largest absolute Gasteiger partial charge is 0.507 e. The second-order valence-corrected chi connectivity index (χ2v) is 7.41. The topological polar surface area (TPSA) is 60.7 Å². The molecule has 3 nitrogen and oxygen atoms in total. The van der Waals surface area contributed by atoms with Gasteiger partial charge in [-0.05, 0) is 47.9 Å². The van der Waals surface area contributed by atoms with Crippen molar-refractivity contribution in [2.24, 2.45) is 5.92 Å². The summed E-state index contributed by atoms with van der Waals surface area (Å²) in [4.78, 5) is 0. The predicted molar refractivity (Wildman–Crippen MR) is 121 cm³/mol. The summed E-state index contributed by atoms with van der Waals surface area (Å²) in [6, 6.07) is 21.5. The second kappa shape index (κ2) is 9.55. The Morgan fingerprint density at radius 1 is 0.931 bits per heavy atom. The van der Waals surface area contributed by atoms with Crippen LogP contribution in [0.1, 0.15) is 30.9 Å². The molecule has 3 rings (SSSR count). The SMILES string of the molecule is C=C[C@H]([C@H](O)CC/C(=C/c1ccc(O)c2ccccc12)c1ccccc1)[C@@H](C)O.